The average Bonchev–Trinajstić information content (AvgIpc) is 2.46. The maximum absolute atomic E-state index is 9.37. The molecule has 1 aromatic carbocycles. The van der Waals surface area contributed by atoms with Crippen molar-refractivity contribution in [3.8, 4) is 12.1 Å². The summed E-state index contributed by atoms with van der Waals surface area (Å²) >= 11 is 5.86. The maximum atomic E-state index is 9.37. The molecule has 0 aliphatic carbocycles. The van der Waals surface area contributed by atoms with E-state index in [0.717, 1.165) is 5.56 Å². The van der Waals surface area contributed by atoms with E-state index in [4.69, 9.17) is 22.1 Å². The van der Waals surface area contributed by atoms with Gasteiger partial charge in [0.05, 0.1) is 24.8 Å². The molecule has 0 fully saturated rings. The standard InChI is InChI=1S/C14H11ClN4O/c1-20-14-11(7-17)12(10(6-16)13(18)19-14)8-2-4-9(15)5-3-8/h2-5,11-12H,18H2,1H3. The van der Waals surface area contributed by atoms with E-state index in [0.29, 0.717) is 5.02 Å². The van der Waals surface area contributed by atoms with Crippen LogP contribution in [-0.4, -0.2) is 13.0 Å². The van der Waals surface area contributed by atoms with E-state index in [9.17, 15) is 10.5 Å². The quantitative estimate of drug-likeness (QED) is 0.857. The molecule has 0 bridgehead atoms. The summed E-state index contributed by atoms with van der Waals surface area (Å²) < 4.78 is 5.11. The van der Waals surface area contributed by atoms with E-state index in [1.165, 1.54) is 7.11 Å². The van der Waals surface area contributed by atoms with Gasteiger partial charge in [-0.15, -0.1) is 0 Å². The number of nitrogens with zero attached hydrogens (tertiary/aromatic N) is 3. The predicted octanol–water partition coefficient (Wildman–Crippen LogP) is 2.32. The summed E-state index contributed by atoms with van der Waals surface area (Å²) in [6.07, 6.45) is 0. The van der Waals surface area contributed by atoms with E-state index in [-0.39, 0.29) is 17.3 Å². The van der Waals surface area contributed by atoms with E-state index in [1.807, 2.05) is 6.07 Å². The molecule has 1 aliphatic heterocycles. The average molecular weight is 287 g/mol. The van der Waals surface area contributed by atoms with Gasteiger partial charge < -0.3 is 10.5 Å². The number of benzene rings is 1. The van der Waals surface area contributed by atoms with Crippen LogP contribution in [0.1, 0.15) is 11.5 Å². The molecule has 100 valence electrons. The van der Waals surface area contributed by atoms with Crippen LogP contribution in [0.2, 0.25) is 5.02 Å². The van der Waals surface area contributed by atoms with Crippen LogP contribution in [0.4, 0.5) is 0 Å². The van der Waals surface area contributed by atoms with Gasteiger partial charge in [0.1, 0.15) is 11.7 Å². The topological polar surface area (TPSA) is 95.2 Å². The third-order valence-corrected chi connectivity index (χ3v) is 3.37. The highest BCUT2D eigenvalue weighted by Crippen LogP contribution is 2.37. The Bertz CT molecular complexity index is 664. The van der Waals surface area contributed by atoms with Gasteiger partial charge in [-0.3, -0.25) is 0 Å². The number of halogens is 1. The molecule has 0 aromatic heterocycles. The zero-order valence-corrected chi connectivity index (χ0v) is 11.4. The van der Waals surface area contributed by atoms with Crippen LogP contribution in [0, 0.1) is 28.6 Å². The van der Waals surface area contributed by atoms with Crippen LogP contribution in [0.15, 0.2) is 40.7 Å². The zero-order chi connectivity index (χ0) is 14.7. The molecule has 20 heavy (non-hydrogen) atoms. The number of aliphatic imine (C=N–C) groups is 1. The lowest BCUT2D eigenvalue weighted by Crippen LogP contribution is -2.29. The summed E-state index contributed by atoms with van der Waals surface area (Å²) in [7, 11) is 1.42. The molecule has 0 spiro atoms. The summed E-state index contributed by atoms with van der Waals surface area (Å²) in [5.41, 5.74) is 6.82. The Morgan fingerprint density at radius 3 is 2.45 bits per heavy atom. The van der Waals surface area contributed by atoms with Crippen LogP contribution in [-0.2, 0) is 4.74 Å². The van der Waals surface area contributed by atoms with Crippen molar-refractivity contribution in [2.45, 2.75) is 5.92 Å². The maximum Gasteiger partial charge on any atom is 0.208 e. The van der Waals surface area contributed by atoms with Gasteiger partial charge in [0.15, 0.2) is 0 Å². The molecular weight excluding hydrogens is 276 g/mol. The number of nitrogens with two attached hydrogens (primary N) is 1. The number of hydrogen-bond acceptors (Lipinski definition) is 5. The Balaban J connectivity index is 2.59. The largest absolute Gasteiger partial charge is 0.483 e. The summed E-state index contributed by atoms with van der Waals surface area (Å²) in [5, 5.41) is 19.2. The third kappa shape index (κ3) is 2.32. The van der Waals surface area contributed by atoms with Crippen LogP contribution in [0.3, 0.4) is 0 Å². The molecule has 1 aliphatic rings. The second-order valence-corrected chi connectivity index (χ2v) is 4.64. The van der Waals surface area contributed by atoms with Gasteiger partial charge in [0, 0.05) is 10.9 Å². The minimum Gasteiger partial charge on any atom is -0.483 e. The first-order chi connectivity index (χ1) is 9.62. The minimum absolute atomic E-state index is 0.0794. The number of rotatable bonds is 1. The number of allylic oxidation sites excluding steroid dienone is 1. The van der Waals surface area contributed by atoms with Gasteiger partial charge in [-0.2, -0.15) is 15.5 Å². The van der Waals surface area contributed by atoms with Crippen molar-refractivity contribution in [2.75, 3.05) is 7.11 Å². The first-order valence-electron chi connectivity index (χ1n) is 5.79. The Kier molecular flexibility index (Phi) is 3.93. The molecule has 0 saturated heterocycles. The predicted molar refractivity (Wildman–Crippen MR) is 74.6 cm³/mol. The van der Waals surface area contributed by atoms with Gasteiger partial charge in [0.25, 0.3) is 0 Å². The van der Waals surface area contributed by atoms with E-state index in [1.54, 1.807) is 24.3 Å². The molecule has 6 heteroatoms. The Morgan fingerprint density at radius 1 is 1.30 bits per heavy atom. The van der Waals surface area contributed by atoms with Crippen LogP contribution in [0.25, 0.3) is 0 Å². The molecule has 1 aromatic rings. The van der Waals surface area contributed by atoms with Gasteiger partial charge in [-0.25, -0.2) is 0 Å². The van der Waals surface area contributed by atoms with Crippen LogP contribution in [0.5, 0.6) is 0 Å². The first-order valence-corrected chi connectivity index (χ1v) is 6.17. The monoisotopic (exact) mass is 286 g/mol. The molecule has 0 amide bonds. The fourth-order valence-corrected chi connectivity index (χ4v) is 2.30. The number of hydrogen-bond donors (Lipinski definition) is 1. The van der Waals surface area contributed by atoms with E-state index < -0.39 is 11.8 Å². The number of ether oxygens (including phenoxy) is 1. The van der Waals surface area contributed by atoms with Gasteiger partial charge >= 0.3 is 0 Å². The number of nitriles is 2. The van der Waals surface area contributed by atoms with Crippen molar-refractivity contribution in [3.05, 3.63) is 46.2 Å². The molecular formula is C14H11ClN4O. The summed E-state index contributed by atoms with van der Waals surface area (Å²) in [6, 6.07) is 11.1. The van der Waals surface area contributed by atoms with E-state index >= 15 is 0 Å². The minimum atomic E-state index is -0.692. The van der Waals surface area contributed by atoms with Crippen molar-refractivity contribution in [1.82, 2.24) is 0 Å². The highest BCUT2D eigenvalue weighted by molar-refractivity contribution is 6.30. The lowest BCUT2D eigenvalue weighted by molar-refractivity contribution is 0.368. The molecule has 2 N–H and O–H groups in total. The second-order valence-electron chi connectivity index (χ2n) is 4.20. The molecule has 5 nitrogen and oxygen atoms in total. The fourth-order valence-electron chi connectivity index (χ4n) is 2.18. The molecule has 2 unspecified atom stereocenters. The zero-order valence-electron chi connectivity index (χ0n) is 10.7. The van der Waals surface area contributed by atoms with Gasteiger partial charge in [-0.1, -0.05) is 23.7 Å². The van der Waals surface area contributed by atoms with E-state index in [2.05, 4.69) is 11.1 Å². The van der Waals surface area contributed by atoms with Gasteiger partial charge in [0.2, 0.25) is 5.90 Å². The smallest absolute Gasteiger partial charge is 0.208 e. The highest BCUT2D eigenvalue weighted by atomic mass is 35.5. The van der Waals surface area contributed by atoms with Crippen molar-refractivity contribution < 1.29 is 4.74 Å². The Hall–Kier alpha value is -2.50. The third-order valence-electron chi connectivity index (χ3n) is 3.11. The van der Waals surface area contributed by atoms with Crippen molar-refractivity contribution in [1.29, 1.82) is 10.5 Å². The normalized spacial score (nSPS) is 21.7. The molecule has 0 radical (unpaired) electrons. The Morgan fingerprint density at radius 2 is 1.95 bits per heavy atom. The van der Waals surface area contributed by atoms with Crippen molar-refractivity contribution >= 4 is 17.5 Å². The molecule has 2 rings (SSSR count). The highest BCUT2D eigenvalue weighted by Gasteiger charge is 2.37. The lowest BCUT2D eigenvalue weighted by atomic mass is 9.79. The molecule has 2 atom stereocenters. The second kappa shape index (κ2) is 5.64. The number of methoxy groups -OCH3 is 1. The van der Waals surface area contributed by atoms with Crippen LogP contribution < -0.4 is 5.73 Å². The van der Waals surface area contributed by atoms with Gasteiger partial charge in [-0.05, 0) is 17.7 Å². The first kappa shape index (κ1) is 13.9. The Labute approximate surface area is 121 Å². The summed E-state index contributed by atoms with van der Waals surface area (Å²) in [6.45, 7) is 0. The fraction of sp³-hybridized carbons (Fsp3) is 0.214. The SMILES string of the molecule is COC1=NC(N)=C(C#N)C(c2ccc(Cl)cc2)C1C#N. The van der Waals surface area contributed by atoms with Crippen molar-refractivity contribution in [2.24, 2.45) is 16.6 Å². The molecule has 1 heterocycles. The molecule has 0 saturated carbocycles. The lowest BCUT2D eigenvalue weighted by Gasteiger charge is -2.26. The van der Waals surface area contributed by atoms with Crippen molar-refractivity contribution in [3.63, 3.8) is 0 Å². The summed E-state index contributed by atoms with van der Waals surface area (Å²) in [5.74, 6) is -0.905. The summed E-state index contributed by atoms with van der Waals surface area (Å²) in [4.78, 5) is 3.98. The van der Waals surface area contributed by atoms with Crippen LogP contribution >= 0.6 is 11.6 Å².